The van der Waals surface area contributed by atoms with E-state index in [0.717, 1.165) is 25.0 Å². The van der Waals surface area contributed by atoms with E-state index in [1.165, 1.54) is 6.07 Å². The number of hydrogen-bond acceptors (Lipinski definition) is 2. The molecule has 0 spiro atoms. The van der Waals surface area contributed by atoms with Gasteiger partial charge in [0.15, 0.2) is 0 Å². The van der Waals surface area contributed by atoms with Crippen LogP contribution in [-0.4, -0.2) is 35.3 Å². The van der Waals surface area contributed by atoms with E-state index in [4.69, 9.17) is 0 Å². The fourth-order valence-electron chi connectivity index (χ4n) is 2.66. The molecule has 0 saturated carbocycles. The molecular formula is C16H20F2N2O2. The van der Waals surface area contributed by atoms with Crippen molar-refractivity contribution >= 4 is 11.8 Å². The van der Waals surface area contributed by atoms with Gasteiger partial charge < -0.3 is 10.2 Å². The number of carbonyl (C=O) groups is 2. The van der Waals surface area contributed by atoms with Crippen molar-refractivity contribution in [2.45, 2.75) is 45.2 Å². The zero-order valence-electron chi connectivity index (χ0n) is 12.7. The highest BCUT2D eigenvalue weighted by Gasteiger charge is 2.30. The predicted octanol–water partition coefficient (Wildman–Crippen LogP) is 2.48. The first-order valence-electron chi connectivity index (χ1n) is 7.47. The van der Waals surface area contributed by atoms with Crippen LogP contribution >= 0.6 is 0 Å². The number of carbonyl (C=O) groups excluding carboxylic acids is 2. The first-order chi connectivity index (χ1) is 10.4. The smallest absolute Gasteiger partial charge is 0.257 e. The zero-order valence-corrected chi connectivity index (χ0v) is 12.7. The van der Waals surface area contributed by atoms with E-state index in [0.29, 0.717) is 13.0 Å². The van der Waals surface area contributed by atoms with Crippen LogP contribution in [0.25, 0.3) is 0 Å². The summed E-state index contributed by atoms with van der Waals surface area (Å²) in [7, 11) is 0. The lowest BCUT2D eigenvalue weighted by atomic mass is 10.1. The fourth-order valence-corrected chi connectivity index (χ4v) is 2.66. The summed E-state index contributed by atoms with van der Waals surface area (Å²) in [5, 5.41) is 2.48. The van der Waals surface area contributed by atoms with Crippen LogP contribution in [0, 0.1) is 11.6 Å². The number of hydrogen-bond donors (Lipinski definition) is 1. The maximum atomic E-state index is 13.6. The molecule has 1 atom stereocenters. The second-order valence-electron chi connectivity index (χ2n) is 5.74. The summed E-state index contributed by atoms with van der Waals surface area (Å²) in [5.74, 6) is -2.95. The predicted molar refractivity (Wildman–Crippen MR) is 78.3 cm³/mol. The van der Waals surface area contributed by atoms with Crippen LogP contribution in [0.4, 0.5) is 8.78 Å². The lowest BCUT2D eigenvalue weighted by Crippen LogP contribution is -2.49. The molecule has 0 aliphatic carbocycles. The molecule has 4 nitrogen and oxygen atoms in total. The van der Waals surface area contributed by atoms with Gasteiger partial charge in [0.2, 0.25) is 5.91 Å². The number of amides is 2. The SMILES string of the molecule is CC(C)N1CCCCC(NC(=O)c2c(F)cccc2F)C1=O. The van der Waals surface area contributed by atoms with Crippen molar-refractivity contribution in [3.63, 3.8) is 0 Å². The highest BCUT2D eigenvalue weighted by atomic mass is 19.1. The molecular weight excluding hydrogens is 290 g/mol. The van der Waals surface area contributed by atoms with Crippen LogP contribution in [0.5, 0.6) is 0 Å². The minimum atomic E-state index is -0.931. The molecule has 1 aliphatic rings. The first-order valence-corrected chi connectivity index (χ1v) is 7.47. The van der Waals surface area contributed by atoms with E-state index in [2.05, 4.69) is 5.32 Å². The lowest BCUT2D eigenvalue weighted by Gasteiger charge is -2.28. The van der Waals surface area contributed by atoms with Crippen LogP contribution in [-0.2, 0) is 4.79 Å². The summed E-state index contributed by atoms with van der Waals surface area (Å²) in [4.78, 5) is 26.3. The Kier molecular flexibility index (Phi) is 5.11. The molecule has 1 unspecified atom stereocenters. The average molecular weight is 310 g/mol. The normalized spacial score (nSPS) is 19.2. The molecule has 1 fully saturated rings. The minimum Gasteiger partial charge on any atom is -0.340 e. The van der Waals surface area contributed by atoms with Crippen molar-refractivity contribution in [2.75, 3.05) is 6.54 Å². The fraction of sp³-hybridized carbons (Fsp3) is 0.500. The van der Waals surface area contributed by atoms with Gasteiger partial charge in [0.25, 0.3) is 5.91 Å². The summed E-state index contributed by atoms with van der Waals surface area (Å²) in [6.07, 6.45) is 2.11. The number of nitrogens with zero attached hydrogens (tertiary/aromatic N) is 1. The minimum absolute atomic E-state index is 0.0233. The summed E-state index contributed by atoms with van der Waals surface area (Å²) < 4.78 is 27.3. The monoisotopic (exact) mass is 310 g/mol. The number of nitrogens with one attached hydrogen (secondary N) is 1. The Labute approximate surface area is 128 Å². The maximum absolute atomic E-state index is 13.6. The largest absolute Gasteiger partial charge is 0.340 e. The average Bonchev–Trinajstić information content (AvgIpc) is 2.61. The Morgan fingerprint density at radius 3 is 2.50 bits per heavy atom. The van der Waals surface area contributed by atoms with Gasteiger partial charge in [-0.15, -0.1) is 0 Å². The Morgan fingerprint density at radius 2 is 1.91 bits per heavy atom. The van der Waals surface area contributed by atoms with Crippen molar-refractivity contribution in [3.8, 4) is 0 Å². The van der Waals surface area contributed by atoms with Gasteiger partial charge in [-0.2, -0.15) is 0 Å². The quantitative estimate of drug-likeness (QED) is 0.932. The van der Waals surface area contributed by atoms with Crippen LogP contribution in [0.1, 0.15) is 43.5 Å². The molecule has 0 radical (unpaired) electrons. The molecule has 1 aromatic rings. The summed E-state index contributed by atoms with van der Waals surface area (Å²) in [6.45, 7) is 4.44. The van der Waals surface area contributed by atoms with Crippen molar-refractivity contribution in [2.24, 2.45) is 0 Å². The summed E-state index contributed by atoms with van der Waals surface area (Å²) >= 11 is 0. The van der Waals surface area contributed by atoms with Gasteiger partial charge in [0, 0.05) is 12.6 Å². The first kappa shape index (κ1) is 16.4. The van der Waals surface area contributed by atoms with Crippen molar-refractivity contribution < 1.29 is 18.4 Å². The number of rotatable bonds is 3. The molecule has 6 heteroatoms. The van der Waals surface area contributed by atoms with Gasteiger partial charge >= 0.3 is 0 Å². The van der Waals surface area contributed by atoms with E-state index in [-0.39, 0.29) is 11.9 Å². The molecule has 1 aliphatic heterocycles. The van der Waals surface area contributed by atoms with Crippen LogP contribution in [0.2, 0.25) is 0 Å². The number of benzene rings is 1. The van der Waals surface area contributed by atoms with Gasteiger partial charge in [0.05, 0.1) is 0 Å². The molecule has 1 aromatic carbocycles. The van der Waals surface area contributed by atoms with Crippen molar-refractivity contribution in [1.29, 1.82) is 0 Å². The molecule has 0 aromatic heterocycles. The molecule has 1 saturated heterocycles. The summed E-state index contributed by atoms with van der Waals surface area (Å²) in [5.41, 5.74) is -0.643. The third-order valence-electron chi connectivity index (χ3n) is 3.84. The van der Waals surface area contributed by atoms with E-state index < -0.39 is 29.1 Å². The van der Waals surface area contributed by atoms with Gasteiger partial charge in [-0.25, -0.2) is 8.78 Å². The zero-order chi connectivity index (χ0) is 16.3. The van der Waals surface area contributed by atoms with Crippen LogP contribution in [0.3, 0.4) is 0 Å². The second kappa shape index (κ2) is 6.85. The van der Waals surface area contributed by atoms with Crippen molar-refractivity contribution in [1.82, 2.24) is 10.2 Å². The molecule has 22 heavy (non-hydrogen) atoms. The Morgan fingerprint density at radius 1 is 1.27 bits per heavy atom. The second-order valence-corrected chi connectivity index (χ2v) is 5.74. The molecule has 1 N–H and O–H groups in total. The molecule has 2 amide bonds. The maximum Gasteiger partial charge on any atom is 0.257 e. The Balaban J connectivity index is 2.18. The third kappa shape index (κ3) is 3.43. The van der Waals surface area contributed by atoms with Crippen LogP contribution < -0.4 is 5.32 Å². The van der Waals surface area contributed by atoms with E-state index in [1.807, 2.05) is 13.8 Å². The molecule has 120 valence electrons. The topological polar surface area (TPSA) is 49.4 Å². The van der Waals surface area contributed by atoms with Crippen LogP contribution in [0.15, 0.2) is 18.2 Å². The third-order valence-corrected chi connectivity index (χ3v) is 3.84. The highest BCUT2D eigenvalue weighted by molar-refractivity contribution is 5.98. The number of likely N-dealkylation sites (tertiary alicyclic amines) is 1. The molecule has 1 heterocycles. The highest BCUT2D eigenvalue weighted by Crippen LogP contribution is 2.17. The Hall–Kier alpha value is -1.98. The van der Waals surface area contributed by atoms with Gasteiger partial charge in [0.1, 0.15) is 23.2 Å². The molecule has 0 bridgehead atoms. The van der Waals surface area contributed by atoms with Gasteiger partial charge in [-0.1, -0.05) is 6.07 Å². The molecule has 2 rings (SSSR count). The van der Waals surface area contributed by atoms with E-state index in [9.17, 15) is 18.4 Å². The lowest BCUT2D eigenvalue weighted by molar-refractivity contribution is -0.134. The summed E-state index contributed by atoms with van der Waals surface area (Å²) in [6, 6.07) is 2.52. The van der Waals surface area contributed by atoms with Gasteiger partial charge in [-0.3, -0.25) is 9.59 Å². The standard InChI is InChI=1S/C16H20F2N2O2/c1-10(2)20-9-4-3-8-13(16(20)22)19-15(21)14-11(17)6-5-7-12(14)18/h5-7,10,13H,3-4,8-9H2,1-2H3,(H,19,21). The van der Waals surface area contributed by atoms with Gasteiger partial charge in [-0.05, 0) is 45.2 Å². The Bertz CT molecular complexity index is 555. The van der Waals surface area contributed by atoms with E-state index >= 15 is 0 Å². The number of halogens is 2. The van der Waals surface area contributed by atoms with Crippen molar-refractivity contribution in [3.05, 3.63) is 35.4 Å². The van der Waals surface area contributed by atoms with E-state index in [1.54, 1.807) is 4.90 Å².